The second-order valence-electron chi connectivity index (χ2n) is 4.11. The van der Waals surface area contributed by atoms with Crippen LogP contribution >= 0.6 is 0 Å². The van der Waals surface area contributed by atoms with Crippen LogP contribution in [0, 0.1) is 6.92 Å². The van der Waals surface area contributed by atoms with Gasteiger partial charge in [0.2, 0.25) is 13.4 Å². The lowest BCUT2D eigenvalue weighted by Crippen LogP contribution is -1.89. The molecule has 0 aromatic heterocycles. The molecule has 0 bridgehead atoms. The van der Waals surface area contributed by atoms with Gasteiger partial charge in [0, 0.05) is 0 Å². The Hall–Kier alpha value is -2.15. The second-order valence-corrected chi connectivity index (χ2v) is 4.11. The minimum absolute atomic E-state index is 1.11. The van der Waals surface area contributed by atoms with Crippen LogP contribution < -0.4 is 0 Å². The molecule has 0 aliphatic carbocycles. The van der Waals surface area contributed by atoms with E-state index < -0.39 is 0 Å². The fourth-order valence-corrected chi connectivity index (χ4v) is 1.80. The molecule has 18 heavy (non-hydrogen) atoms. The van der Waals surface area contributed by atoms with Gasteiger partial charge in [-0.3, -0.25) is 0 Å². The van der Waals surface area contributed by atoms with Crippen molar-refractivity contribution < 1.29 is 4.42 Å². The number of aryl methyl sites for hydroxylation is 1. The van der Waals surface area contributed by atoms with Gasteiger partial charge >= 0.3 is 0 Å². The zero-order chi connectivity index (χ0) is 12.8. The van der Waals surface area contributed by atoms with Crippen molar-refractivity contribution in [2.45, 2.75) is 6.92 Å². The van der Waals surface area contributed by atoms with Crippen LogP contribution in [0.2, 0.25) is 0 Å². The van der Waals surface area contributed by atoms with Crippen LogP contribution in [0.4, 0.5) is 0 Å². The van der Waals surface area contributed by atoms with Gasteiger partial charge in [-0.1, -0.05) is 71.3 Å². The van der Waals surface area contributed by atoms with Crippen molar-refractivity contribution in [3.63, 3.8) is 0 Å². The lowest BCUT2D eigenvalue weighted by atomic mass is 9.97. The van der Waals surface area contributed by atoms with Crippen molar-refractivity contribution in [1.29, 1.82) is 0 Å². The molecule has 2 aromatic rings. The average Bonchev–Trinajstić information content (AvgIpc) is 2.42. The van der Waals surface area contributed by atoms with Gasteiger partial charge < -0.3 is 4.42 Å². The van der Waals surface area contributed by atoms with E-state index in [0.717, 1.165) is 16.7 Å². The lowest BCUT2D eigenvalue weighted by Gasteiger charge is -2.14. The maximum absolute atomic E-state index is 4.91. The highest BCUT2D eigenvalue weighted by molar-refractivity contribution is 5.90. The molecule has 90 valence electrons. The van der Waals surface area contributed by atoms with Gasteiger partial charge in [0.05, 0.1) is 0 Å². The van der Waals surface area contributed by atoms with Gasteiger partial charge in [-0.2, -0.15) is 5.57 Å². The Balaban J connectivity index is 2.47. The zero-order valence-corrected chi connectivity index (χ0v) is 10.7. The van der Waals surface area contributed by atoms with E-state index >= 15 is 0 Å². The highest BCUT2D eigenvalue weighted by Gasteiger charge is 1.96. The summed E-state index contributed by atoms with van der Waals surface area (Å²) in [7, 11) is 1.61. The van der Waals surface area contributed by atoms with Crippen LogP contribution in [0.3, 0.4) is 0 Å². The van der Waals surface area contributed by atoms with Crippen LogP contribution in [0.15, 0.2) is 60.7 Å². The maximum Gasteiger partial charge on any atom is 0.229 e. The van der Waals surface area contributed by atoms with E-state index in [1.807, 2.05) is 24.3 Å². The average molecular weight is 236 g/mol. The highest BCUT2D eigenvalue weighted by Crippen LogP contribution is 2.22. The topological polar surface area (TPSA) is 11.3 Å². The molecular weight excluding hydrogens is 220 g/mol. The summed E-state index contributed by atoms with van der Waals surface area (Å²) in [6, 6.07) is 18.7. The zero-order valence-electron chi connectivity index (χ0n) is 10.7. The summed E-state index contributed by atoms with van der Waals surface area (Å²) in [5.74, 6) is 0. The molecule has 0 saturated heterocycles. The molecule has 0 N–H and O–H groups in total. The smallest absolute Gasteiger partial charge is 0.229 e. The SMILES string of the molecule is C[O+]=[C-]/C=C(/c1ccccc1)c1ccc(C)cc1. The van der Waals surface area contributed by atoms with E-state index in [-0.39, 0.29) is 0 Å². The van der Waals surface area contributed by atoms with Crippen molar-refractivity contribution in [2.24, 2.45) is 0 Å². The molecule has 0 aliphatic heterocycles. The number of benzene rings is 2. The Morgan fingerprint density at radius 2 is 1.56 bits per heavy atom. The Morgan fingerprint density at radius 1 is 0.944 bits per heavy atom. The van der Waals surface area contributed by atoms with E-state index in [9.17, 15) is 0 Å². The molecule has 1 heteroatoms. The van der Waals surface area contributed by atoms with Crippen LogP contribution in [0.25, 0.3) is 5.57 Å². The number of carbonyl (C=O) groups excluding carboxylic acids is 1. The summed E-state index contributed by atoms with van der Waals surface area (Å²) in [6.07, 6.45) is 4.67. The van der Waals surface area contributed by atoms with Crippen molar-refractivity contribution in [3.05, 3.63) is 77.4 Å². The Bertz CT molecular complexity index is 548. The van der Waals surface area contributed by atoms with Crippen molar-refractivity contribution in [1.82, 2.24) is 0 Å². The van der Waals surface area contributed by atoms with Crippen LogP contribution in [-0.2, 0) is 4.42 Å². The Labute approximate surface area is 108 Å². The third-order valence-corrected chi connectivity index (χ3v) is 2.77. The van der Waals surface area contributed by atoms with Crippen molar-refractivity contribution in [2.75, 3.05) is 7.11 Å². The second kappa shape index (κ2) is 5.97. The molecule has 0 fully saturated rings. The maximum atomic E-state index is 4.91. The van der Waals surface area contributed by atoms with E-state index in [2.05, 4.69) is 49.6 Å². The number of rotatable bonds is 3. The third-order valence-electron chi connectivity index (χ3n) is 2.77. The number of allylic oxidation sites excluding steroid dienone is 1. The van der Waals surface area contributed by atoms with Gasteiger partial charge in [-0.05, 0) is 6.92 Å². The summed E-state index contributed by atoms with van der Waals surface area (Å²) in [5, 5.41) is 0. The van der Waals surface area contributed by atoms with E-state index in [1.54, 1.807) is 7.11 Å². The largest absolute Gasteiger partial charge is 0.355 e. The molecule has 0 atom stereocenters. The molecule has 0 saturated carbocycles. The normalized spacial score (nSPS) is 12.0. The van der Waals surface area contributed by atoms with Gasteiger partial charge in [0.15, 0.2) is 0 Å². The number of hydrogen-bond donors (Lipinski definition) is 0. The Kier molecular flexibility index (Phi) is 4.08. The highest BCUT2D eigenvalue weighted by atomic mass is 16.4. The fraction of sp³-hybridized carbons (Fsp3) is 0.118. The summed E-state index contributed by atoms with van der Waals surface area (Å²) in [5.41, 5.74) is 4.69. The van der Waals surface area contributed by atoms with Gasteiger partial charge in [0.25, 0.3) is 0 Å². The van der Waals surface area contributed by atoms with Crippen LogP contribution in [0.5, 0.6) is 0 Å². The minimum Gasteiger partial charge on any atom is -0.355 e. The number of hydrogen-bond acceptors (Lipinski definition) is 0. The molecule has 1 nitrogen and oxygen atoms in total. The fourth-order valence-electron chi connectivity index (χ4n) is 1.80. The first-order valence-corrected chi connectivity index (χ1v) is 5.92. The van der Waals surface area contributed by atoms with Gasteiger partial charge in [-0.25, -0.2) is 0 Å². The van der Waals surface area contributed by atoms with E-state index in [0.29, 0.717) is 0 Å². The standard InChI is InChI=1S/C17H16O/c1-14-8-10-16(11-9-14)17(12-13-18-2)15-6-4-3-5-7-15/h3-12H,1-2H3/b17-12-. The van der Waals surface area contributed by atoms with Crippen molar-refractivity contribution >= 4 is 11.9 Å². The van der Waals surface area contributed by atoms with Gasteiger partial charge in [-0.15, -0.1) is 6.08 Å². The molecule has 0 heterocycles. The molecule has 0 aliphatic rings. The summed E-state index contributed by atoms with van der Waals surface area (Å²) < 4.78 is 4.91. The Morgan fingerprint density at radius 3 is 2.17 bits per heavy atom. The monoisotopic (exact) mass is 236 g/mol. The molecule has 0 spiro atoms. The predicted octanol–water partition coefficient (Wildman–Crippen LogP) is 3.70. The van der Waals surface area contributed by atoms with Crippen LogP contribution in [0.1, 0.15) is 16.7 Å². The first-order valence-electron chi connectivity index (χ1n) is 5.92. The van der Waals surface area contributed by atoms with Crippen molar-refractivity contribution in [3.8, 4) is 0 Å². The predicted molar refractivity (Wildman–Crippen MR) is 76.3 cm³/mol. The van der Waals surface area contributed by atoms with Gasteiger partial charge in [0.1, 0.15) is 0 Å². The first kappa shape index (κ1) is 12.3. The first-order chi connectivity index (χ1) is 8.81. The minimum atomic E-state index is 1.11. The molecule has 0 radical (unpaired) electrons. The lowest BCUT2D eigenvalue weighted by molar-refractivity contribution is 0.186. The van der Waals surface area contributed by atoms with E-state index in [4.69, 9.17) is 4.42 Å². The summed E-state index contributed by atoms with van der Waals surface area (Å²) >= 11 is 0. The van der Waals surface area contributed by atoms with Crippen LogP contribution in [-0.4, -0.2) is 13.4 Å². The molecule has 2 rings (SSSR count). The molecule has 0 unspecified atom stereocenters. The van der Waals surface area contributed by atoms with E-state index in [1.165, 1.54) is 5.56 Å². The molecule has 0 amide bonds. The molecular formula is C17H16O. The molecule has 2 aromatic carbocycles. The summed E-state index contributed by atoms with van der Waals surface area (Å²) in [4.78, 5) is 0. The summed E-state index contributed by atoms with van der Waals surface area (Å²) in [6.45, 7) is 2.09. The third kappa shape index (κ3) is 2.95. The quantitative estimate of drug-likeness (QED) is 0.437.